The number of nitrogens with zero attached hydrogens (tertiary/aromatic N) is 2. The third-order valence-corrected chi connectivity index (χ3v) is 7.72. The fourth-order valence-corrected chi connectivity index (χ4v) is 5.93. The van der Waals surface area contributed by atoms with Gasteiger partial charge in [-0.1, -0.05) is 24.1 Å². The van der Waals surface area contributed by atoms with Crippen molar-refractivity contribution in [3.05, 3.63) is 64.2 Å². The number of benzene rings is 2. The number of carboxylic acids is 1. The first kappa shape index (κ1) is 25.4. The van der Waals surface area contributed by atoms with Crippen molar-refractivity contribution in [3.8, 4) is 0 Å². The second-order valence-corrected chi connectivity index (χ2v) is 10.3. The first-order chi connectivity index (χ1) is 17.7. The van der Waals surface area contributed by atoms with Crippen molar-refractivity contribution in [1.29, 1.82) is 0 Å². The van der Waals surface area contributed by atoms with Crippen LogP contribution in [0.15, 0.2) is 36.4 Å². The maximum Gasteiger partial charge on any atom is 0.414 e. The van der Waals surface area contributed by atoms with Crippen LogP contribution in [0.1, 0.15) is 62.1 Å². The number of amides is 2. The molecule has 10 heteroatoms. The lowest BCUT2D eigenvalue weighted by Gasteiger charge is -2.47. The van der Waals surface area contributed by atoms with Crippen LogP contribution in [0.2, 0.25) is 5.02 Å². The van der Waals surface area contributed by atoms with Gasteiger partial charge in [0.2, 0.25) is 5.91 Å². The van der Waals surface area contributed by atoms with Crippen LogP contribution in [0, 0.1) is 17.6 Å². The van der Waals surface area contributed by atoms with Crippen molar-refractivity contribution in [2.24, 2.45) is 5.92 Å². The average molecular weight is 533 g/mol. The summed E-state index contributed by atoms with van der Waals surface area (Å²) in [4.78, 5) is 41.3. The molecular formula is C27H27ClF2N2O5. The molecule has 2 fully saturated rings. The van der Waals surface area contributed by atoms with Gasteiger partial charge in [0.1, 0.15) is 18.2 Å². The standard InChI is InChI=1S/C27H27ClF2N2O5/c28-16-5-9-20-23(12-16)32(27(36)37-14-15-4-6-17(29)13-21(15)30)22-3-1-2-19(22)26(20)31(18-7-8-18)24(33)10-11-25(34)35/h4-6,9,12-13,18-19,22,26H,1-3,7-8,10-11,14H2,(H,34,35). The fourth-order valence-electron chi connectivity index (χ4n) is 5.76. The number of carbonyl (C=O) groups excluding carboxylic acids is 2. The summed E-state index contributed by atoms with van der Waals surface area (Å²) in [5.74, 6) is -2.81. The minimum atomic E-state index is -1.02. The topological polar surface area (TPSA) is 87.2 Å². The average Bonchev–Trinajstić information content (AvgIpc) is 3.57. The molecule has 2 amide bonds. The lowest BCUT2D eigenvalue weighted by atomic mass is 9.81. The van der Waals surface area contributed by atoms with Crippen LogP contribution in [0.3, 0.4) is 0 Å². The molecule has 0 saturated heterocycles. The Morgan fingerprint density at radius 2 is 1.84 bits per heavy atom. The van der Waals surface area contributed by atoms with Crippen molar-refractivity contribution in [2.45, 2.75) is 69.7 Å². The summed E-state index contributed by atoms with van der Waals surface area (Å²) >= 11 is 6.34. The van der Waals surface area contributed by atoms with Gasteiger partial charge >= 0.3 is 12.1 Å². The van der Waals surface area contributed by atoms with E-state index in [9.17, 15) is 23.2 Å². The number of rotatable bonds is 7. The molecule has 1 aliphatic heterocycles. The van der Waals surface area contributed by atoms with Gasteiger partial charge in [0, 0.05) is 41.1 Å². The Kier molecular flexibility index (Phi) is 7.07. The molecule has 3 aliphatic rings. The third kappa shape index (κ3) is 5.14. The maximum absolute atomic E-state index is 14.1. The molecule has 0 aromatic heterocycles. The quantitative estimate of drug-likeness (QED) is 0.484. The Morgan fingerprint density at radius 3 is 2.54 bits per heavy atom. The summed E-state index contributed by atoms with van der Waals surface area (Å²) < 4.78 is 32.9. The lowest BCUT2D eigenvalue weighted by Crippen LogP contribution is -2.53. The van der Waals surface area contributed by atoms with Crippen LogP contribution >= 0.6 is 11.6 Å². The van der Waals surface area contributed by atoms with Crippen LogP contribution in [-0.4, -0.2) is 40.1 Å². The summed E-state index contributed by atoms with van der Waals surface area (Å²) in [6, 6.07) is 7.74. The second-order valence-electron chi connectivity index (χ2n) is 9.90. The molecule has 196 valence electrons. The SMILES string of the molecule is O=C(O)CCC(=O)N(C1CC1)C1c2ccc(Cl)cc2N(C(=O)OCc2ccc(F)cc2F)C2CCCC21. The minimum absolute atomic E-state index is 0.0380. The van der Waals surface area contributed by atoms with Gasteiger partial charge in [0.25, 0.3) is 0 Å². The predicted octanol–water partition coefficient (Wildman–Crippen LogP) is 5.84. The number of ether oxygens (including phenoxy) is 1. The van der Waals surface area contributed by atoms with Crippen molar-refractivity contribution >= 4 is 35.3 Å². The summed E-state index contributed by atoms with van der Waals surface area (Å²) in [6.07, 6.45) is 3.02. The molecule has 2 aromatic rings. The monoisotopic (exact) mass is 532 g/mol. The largest absolute Gasteiger partial charge is 0.481 e. The summed E-state index contributed by atoms with van der Waals surface area (Å²) in [7, 11) is 0. The molecule has 1 N–H and O–H groups in total. The normalized spacial score (nSPS) is 22.2. The number of anilines is 1. The van der Waals surface area contributed by atoms with Gasteiger partial charge in [-0.25, -0.2) is 13.6 Å². The molecule has 2 aliphatic carbocycles. The Bertz CT molecular complexity index is 1240. The number of carboxylic acid groups (broad SMARTS) is 1. The molecule has 0 spiro atoms. The Hall–Kier alpha value is -3.20. The van der Waals surface area contributed by atoms with E-state index >= 15 is 0 Å². The van der Waals surface area contributed by atoms with Gasteiger partial charge < -0.3 is 14.7 Å². The van der Waals surface area contributed by atoms with Crippen LogP contribution in [-0.2, 0) is 20.9 Å². The maximum atomic E-state index is 14.1. The molecule has 0 bridgehead atoms. The first-order valence-corrected chi connectivity index (χ1v) is 12.8. The molecule has 1 heterocycles. The van der Waals surface area contributed by atoms with E-state index in [-0.39, 0.29) is 55.0 Å². The lowest BCUT2D eigenvalue weighted by molar-refractivity contribution is -0.142. The van der Waals surface area contributed by atoms with Crippen molar-refractivity contribution in [1.82, 2.24) is 4.90 Å². The molecule has 3 unspecified atom stereocenters. The van der Waals surface area contributed by atoms with Crippen LogP contribution in [0.5, 0.6) is 0 Å². The summed E-state index contributed by atoms with van der Waals surface area (Å²) in [6.45, 7) is -0.361. The smallest absolute Gasteiger partial charge is 0.414 e. The van der Waals surface area contributed by atoms with E-state index in [0.717, 1.165) is 43.4 Å². The number of aliphatic carboxylic acids is 1. The molecule has 7 nitrogen and oxygen atoms in total. The molecular weight excluding hydrogens is 506 g/mol. The van der Waals surface area contributed by atoms with Crippen LogP contribution < -0.4 is 4.90 Å². The molecule has 2 aromatic carbocycles. The fraction of sp³-hybridized carbons (Fsp3) is 0.444. The van der Waals surface area contributed by atoms with Gasteiger partial charge in [0.15, 0.2) is 0 Å². The van der Waals surface area contributed by atoms with Crippen molar-refractivity contribution < 1.29 is 33.0 Å². The molecule has 0 radical (unpaired) electrons. The highest BCUT2D eigenvalue weighted by atomic mass is 35.5. The number of hydrogen-bond donors (Lipinski definition) is 1. The van der Waals surface area contributed by atoms with Gasteiger partial charge in [-0.15, -0.1) is 0 Å². The minimum Gasteiger partial charge on any atom is -0.481 e. The van der Waals surface area contributed by atoms with Crippen molar-refractivity contribution in [3.63, 3.8) is 0 Å². The third-order valence-electron chi connectivity index (χ3n) is 7.48. The first-order valence-electron chi connectivity index (χ1n) is 12.5. The Morgan fingerprint density at radius 1 is 1.05 bits per heavy atom. The number of fused-ring (bicyclic) bond motifs is 2. The highest BCUT2D eigenvalue weighted by Gasteiger charge is 2.51. The van der Waals surface area contributed by atoms with Gasteiger partial charge in [-0.3, -0.25) is 14.5 Å². The zero-order chi connectivity index (χ0) is 26.3. The Labute approximate surface area is 217 Å². The zero-order valence-corrected chi connectivity index (χ0v) is 20.8. The number of halogens is 3. The number of carbonyl (C=O) groups is 3. The predicted molar refractivity (Wildman–Crippen MR) is 131 cm³/mol. The van der Waals surface area contributed by atoms with Gasteiger partial charge in [-0.2, -0.15) is 0 Å². The molecule has 3 atom stereocenters. The van der Waals surface area contributed by atoms with E-state index in [1.54, 1.807) is 17.0 Å². The summed E-state index contributed by atoms with van der Waals surface area (Å²) in [5, 5.41) is 9.53. The van der Waals surface area contributed by atoms with E-state index < -0.39 is 23.7 Å². The highest BCUT2D eigenvalue weighted by molar-refractivity contribution is 6.31. The van der Waals surface area contributed by atoms with Crippen LogP contribution in [0.25, 0.3) is 0 Å². The molecule has 2 saturated carbocycles. The van der Waals surface area contributed by atoms with Crippen LogP contribution in [0.4, 0.5) is 19.3 Å². The van der Waals surface area contributed by atoms with Crippen molar-refractivity contribution in [2.75, 3.05) is 4.90 Å². The zero-order valence-electron chi connectivity index (χ0n) is 20.0. The van der Waals surface area contributed by atoms with E-state index in [4.69, 9.17) is 21.4 Å². The second kappa shape index (κ2) is 10.3. The highest BCUT2D eigenvalue weighted by Crippen LogP contribution is 2.53. The summed E-state index contributed by atoms with van der Waals surface area (Å²) in [5.41, 5.74) is 1.35. The van der Waals surface area contributed by atoms with E-state index in [0.29, 0.717) is 17.1 Å². The molecule has 5 rings (SSSR count). The number of hydrogen-bond acceptors (Lipinski definition) is 4. The van der Waals surface area contributed by atoms with Gasteiger partial charge in [-0.05, 0) is 55.5 Å². The van der Waals surface area contributed by atoms with E-state index in [2.05, 4.69) is 0 Å². The van der Waals surface area contributed by atoms with Gasteiger partial charge in [0.05, 0.1) is 18.2 Å². The van der Waals surface area contributed by atoms with E-state index in [1.807, 2.05) is 11.0 Å². The molecule has 37 heavy (non-hydrogen) atoms. The Balaban J connectivity index is 1.47. The van der Waals surface area contributed by atoms with E-state index in [1.165, 1.54) is 6.07 Å².